The maximum absolute atomic E-state index is 13.0. The molecule has 0 aromatic heterocycles. The first-order valence-corrected chi connectivity index (χ1v) is 6.28. The zero-order chi connectivity index (χ0) is 12.1. The summed E-state index contributed by atoms with van der Waals surface area (Å²) in [6, 6.07) is 4.41. The summed E-state index contributed by atoms with van der Waals surface area (Å²) >= 11 is 3.08. The molecule has 0 fully saturated rings. The SMILES string of the molecule is CC(C)CCCC(=O)c1ccc(F)c(Br)c1. The summed E-state index contributed by atoms with van der Waals surface area (Å²) in [5.74, 6) is 0.368. The van der Waals surface area contributed by atoms with Gasteiger partial charge in [0.2, 0.25) is 0 Å². The summed E-state index contributed by atoms with van der Waals surface area (Å²) in [5.41, 5.74) is 0.581. The zero-order valence-corrected chi connectivity index (χ0v) is 11.2. The van der Waals surface area contributed by atoms with Crippen LogP contribution in [0.1, 0.15) is 43.5 Å². The minimum atomic E-state index is -0.335. The van der Waals surface area contributed by atoms with E-state index in [2.05, 4.69) is 29.8 Å². The quantitative estimate of drug-likeness (QED) is 0.723. The van der Waals surface area contributed by atoms with Gasteiger partial charge in [0, 0.05) is 12.0 Å². The van der Waals surface area contributed by atoms with Gasteiger partial charge in [0.25, 0.3) is 0 Å². The second-order valence-corrected chi connectivity index (χ2v) is 5.19. The molecule has 3 heteroatoms. The van der Waals surface area contributed by atoms with E-state index in [-0.39, 0.29) is 11.6 Å². The minimum Gasteiger partial charge on any atom is -0.294 e. The number of carbonyl (C=O) groups excluding carboxylic acids is 1. The highest BCUT2D eigenvalue weighted by Gasteiger charge is 2.08. The Bertz CT molecular complexity index is 374. The summed E-state index contributed by atoms with van der Waals surface area (Å²) in [7, 11) is 0. The number of carbonyl (C=O) groups is 1. The van der Waals surface area contributed by atoms with Crippen LogP contribution in [-0.2, 0) is 0 Å². The van der Waals surface area contributed by atoms with Crippen LogP contribution in [0.4, 0.5) is 4.39 Å². The van der Waals surface area contributed by atoms with E-state index in [9.17, 15) is 9.18 Å². The molecule has 0 saturated heterocycles. The molecule has 16 heavy (non-hydrogen) atoms. The molecule has 1 aromatic rings. The molecule has 0 aliphatic carbocycles. The third-order valence-corrected chi connectivity index (χ3v) is 3.03. The highest BCUT2D eigenvalue weighted by molar-refractivity contribution is 9.10. The fraction of sp³-hybridized carbons (Fsp3) is 0.462. The van der Waals surface area contributed by atoms with Crippen molar-refractivity contribution in [2.24, 2.45) is 5.92 Å². The van der Waals surface area contributed by atoms with Gasteiger partial charge in [-0.05, 0) is 46.5 Å². The molecule has 0 aliphatic rings. The fourth-order valence-electron chi connectivity index (χ4n) is 1.48. The molecule has 0 radical (unpaired) electrons. The van der Waals surface area contributed by atoms with Gasteiger partial charge in [0.1, 0.15) is 5.82 Å². The standard InChI is InChI=1S/C13H16BrFO/c1-9(2)4-3-5-13(16)10-6-7-12(15)11(14)8-10/h6-9H,3-5H2,1-2H3. The molecule has 88 valence electrons. The molecule has 1 aromatic carbocycles. The first kappa shape index (κ1) is 13.4. The molecule has 1 rings (SSSR count). The van der Waals surface area contributed by atoms with Crippen molar-refractivity contribution >= 4 is 21.7 Å². The number of hydrogen-bond acceptors (Lipinski definition) is 1. The van der Waals surface area contributed by atoms with Gasteiger partial charge in [0.05, 0.1) is 4.47 Å². The number of ketones is 1. The van der Waals surface area contributed by atoms with Crippen LogP contribution in [0.25, 0.3) is 0 Å². The maximum atomic E-state index is 13.0. The molecule has 0 saturated carbocycles. The van der Waals surface area contributed by atoms with Gasteiger partial charge in [-0.2, -0.15) is 0 Å². The van der Waals surface area contributed by atoms with E-state index in [0.717, 1.165) is 12.8 Å². The Morgan fingerprint density at radius 2 is 2.12 bits per heavy atom. The molecule has 1 nitrogen and oxygen atoms in total. The average Bonchev–Trinajstić information content (AvgIpc) is 2.21. The first-order chi connectivity index (χ1) is 7.50. The Kier molecular flexibility index (Phi) is 5.13. The lowest BCUT2D eigenvalue weighted by Gasteiger charge is -2.04. The zero-order valence-electron chi connectivity index (χ0n) is 9.59. The lowest BCUT2D eigenvalue weighted by atomic mass is 10.0. The van der Waals surface area contributed by atoms with Gasteiger partial charge < -0.3 is 0 Å². The molecule has 0 atom stereocenters. The third kappa shape index (κ3) is 4.05. The van der Waals surface area contributed by atoms with E-state index in [4.69, 9.17) is 0 Å². The van der Waals surface area contributed by atoms with E-state index in [0.29, 0.717) is 22.4 Å². The largest absolute Gasteiger partial charge is 0.294 e. The molecule has 0 spiro atoms. The second-order valence-electron chi connectivity index (χ2n) is 4.34. The van der Waals surface area contributed by atoms with Crippen molar-refractivity contribution in [1.29, 1.82) is 0 Å². The van der Waals surface area contributed by atoms with Gasteiger partial charge in [-0.1, -0.05) is 20.3 Å². The fourth-order valence-corrected chi connectivity index (χ4v) is 1.86. The van der Waals surface area contributed by atoms with Gasteiger partial charge in [-0.3, -0.25) is 4.79 Å². The van der Waals surface area contributed by atoms with Gasteiger partial charge in [-0.15, -0.1) is 0 Å². The summed E-state index contributed by atoms with van der Waals surface area (Å²) in [4.78, 5) is 11.7. The Balaban J connectivity index is 2.56. The van der Waals surface area contributed by atoms with Crippen molar-refractivity contribution in [3.8, 4) is 0 Å². The topological polar surface area (TPSA) is 17.1 Å². The van der Waals surface area contributed by atoms with Crippen molar-refractivity contribution in [3.05, 3.63) is 34.1 Å². The molecular weight excluding hydrogens is 271 g/mol. The Morgan fingerprint density at radius 1 is 1.44 bits per heavy atom. The number of hydrogen-bond donors (Lipinski definition) is 0. The maximum Gasteiger partial charge on any atom is 0.162 e. The number of rotatable bonds is 5. The molecule has 0 unspecified atom stereocenters. The predicted molar refractivity (Wildman–Crippen MR) is 67.1 cm³/mol. The van der Waals surface area contributed by atoms with Crippen LogP contribution < -0.4 is 0 Å². The number of halogens is 2. The normalized spacial score (nSPS) is 10.8. The predicted octanol–water partition coefficient (Wildman–Crippen LogP) is 4.60. The molecule has 0 aliphatic heterocycles. The van der Waals surface area contributed by atoms with Crippen LogP contribution in [0.5, 0.6) is 0 Å². The monoisotopic (exact) mass is 286 g/mol. The van der Waals surface area contributed by atoms with Crippen molar-refractivity contribution in [1.82, 2.24) is 0 Å². The smallest absolute Gasteiger partial charge is 0.162 e. The molecule has 0 N–H and O–H groups in total. The van der Waals surface area contributed by atoms with Crippen LogP contribution in [0.3, 0.4) is 0 Å². The van der Waals surface area contributed by atoms with E-state index in [1.807, 2.05) is 0 Å². The van der Waals surface area contributed by atoms with Crippen molar-refractivity contribution in [3.63, 3.8) is 0 Å². The lowest BCUT2D eigenvalue weighted by Crippen LogP contribution is -2.00. The van der Waals surface area contributed by atoms with E-state index in [1.165, 1.54) is 12.1 Å². The average molecular weight is 287 g/mol. The highest BCUT2D eigenvalue weighted by Crippen LogP contribution is 2.18. The second kappa shape index (κ2) is 6.14. The molecule has 0 bridgehead atoms. The van der Waals surface area contributed by atoms with Crippen molar-refractivity contribution < 1.29 is 9.18 Å². The van der Waals surface area contributed by atoms with E-state index < -0.39 is 0 Å². The summed E-state index contributed by atoms with van der Waals surface area (Å²) in [5, 5.41) is 0. The molecule has 0 amide bonds. The van der Waals surface area contributed by atoms with E-state index in [1.54, 1.807) is 6.07 Å². The first-order valence-electron chi connectivity index (χ1n) is 5.49. The van der Waals surface area contributed by atoms with Crippen LogP contribution in [0, 0.1) is 11.7 Å². The number of benzene rings is 1. The Morgan fingerprint density at radius 3 is 2.69 bits per heavy atom. The van der Waals surface area contributed by atoms with Crippen LogP contribution in [0.2, 0.25) is 0 Å². The highest BCUT2D eigenvalue weighted by atomic mass is 79.9. The van der Waals surface area contributed by atoms with Crippen molar-refractivity contribution in [2.75, 3.05) is 0 Å². The summed E-state index contributed by atoms with van der Waals surface area (Å²) in [6.07, 6.45) is 2.48. The van der Waals surface area contributed by atoms with Gasteiger partial charge in [-0.25, -0.2) is 4.39 Å². The molecular formula is C13H16BrFO. The van der Waals surface area contributed by atoms with Crippen LogP contribution in [-0.4, -0.2) is 5.78 Å². The lowest BCUT2D eigenvalue weighted by molar-refractivity contribution is 0.0978. The summed E-state index contributed by atoms with van der Waals surface area (Å²) in [6.45, 7) is 4.28. The van der Waals surface area contributed by atoms with Crippen molar-refractivity contribution in [2.45, 2.75) is 33.1 Å². The van der Waals surface area contributed by atoms with E-state index >= 15 is 0 Å². The molecule has 0 heterocycles. The van der Waals surface area contributed by atoms with Crippen LogP contribution >= 0.6 is 15.9 Å². The Labute approximate surface area is 104 Å². The van der Waals surface area contributed by atoms with Crippen LogP contribution in [0.15, 0.2) is 22.7 Å². The number of Topliss-reactive ketones (excluding diaryl/α,β-unsaturated/α-hetero) is 1. The Hall–Kier alpha value is -0.700. The van der Waals surface area contributed by atoms with Gasteiger partial charge in [0.15, 0.2) is 5.78 Å². The summed E-state index contributed by atoms with van der Waals surface area (Å²) < 4.78 is 13.3. The third-order valence-electron chi connectivity index (χ3n) is 2.43. The minimum absolute atomic E-state index is 0.0846. The van der Waals surface area contributed by atoms with Gasteiger partial charge >= 0.3 is 0 Å².